The second kappa shape index (κ2) is 10.4. The minimum absolute atomic E-state index is 0.0361. The number of carbonyl (C=O) groups excluding carboxylic acids is 2. The van der Waals surface area contributed by atoms with E-state index in [0.29, 0.717) is 17.4 Å². The molecule has 1 aliphatic rings. The van der Waals surface area contributed by atoms with Gasteiger partial charge in [-0.3, -0.25) is 14.3 Å². The van der Waals surface area contributed by atoms with E-state index in [1.54, 1.807) is 29.2 Å². The summed E-state index contributed by atoms with van der Waals surface area (Å²) in [6, 6.07) is 4.70. The molecule has 186 valence electrons. The molecular formula is C26H34N6O3. The normalized spacial score (nSPS) is 18.9. The lowest BCUT2D eigenvalue weighted by Gasteiger charge is -2.32. The number of nitrogens with zero attached hydrogens (tertiary/aromatic N) is 4. The van der Waals surface area contributed by atoms with Crippen molar-refractivity contribution in [2.24, 2.45) is 11.8 Å². The lowest BCUT2D eigenvalue weighted by molar-refractivity contribution is -0.119. The number of carbonyl (C=O) groups is 2. The van der Waals surface area contributed by atoms with Crippen LogP contribution in [0.1, 0.15) is 74.4 Å². The van der Waals surface area contributed by atoms with Crippen molar-refractivity contribution in [3.8, 4) is 11.1 Å². The van der Waals surface area contributed by atoms with E-state index in [9.17, 15) is 9.59 Å². The Hall–Kier alpha value is -3.49. The van der Waals surface area contributed by atoms with E-state index in [0.717, 1.165) is 48.3 Å². The van der Waals surface area contributed by atoms with Crippen LogP contribution in [0.5, 0.6) is 0 Å². The summed E-state index contributed by atoms with van der Waals surface area (Å²) < 4.78 is 6.92. The largest absolute Gasteiger partial charge is 0.361 e. The van der Waals surface area contributed by atoms with Crippen LogP contribution >= 0.6 is 0 Å². The average Bonchev–Trinajstić information content (AvgIpc) is 3.45. The van der Waals surface area contributed by atoms with Gasteiger partial charge >= 0.3 is 0 Å². The molecule has 3 heterocycles. The zero-order valence-corrected chi connectivity index (χ0v) is 21.0. The van der Waals surface area contributed by atoms with Crippen molar-refractivity contribution < 1.29 is 14.1 Å². The second-order valence-electron chi connectivity index (χ2n) is 9.85. The van der Waals surface area contributed by atoms with Crippen molar-refractivity contribution in [2.75, 3.05) is 5.32 Å². The Balaban J connectivity index is 1.52. The molecule has 0 aliphatic heterocycles. The number of nitrogens with one attached hydrogen (secondary N) is 2. The number of hydrogen-bond acceptors (Lipinski definition) is 6. The second-order valence-corrected chi connectivity index (χ2v) is 9.85. The molecular weight excluding hydrogens is 444 g/mol. The maximum absolute atomic E-state index is 13.4. The van der Waals surface area contributed by atoms with Crippen molar-refractivity contribution in [3.63, 3.8) is 0 Å². The lowest BCUT2D eigenvalue weighted by Crippen LogP contribution is -2.49. The Bertz CT molecular complexity index is 1150. The number of pyridine rings is 1. The highest BCUT2D eigenvalue weighted by molar-refractivity contribution is 6.00. The van der Waals surface area contributed by atoms with Crippen LogP contribution in [-0.4, -0.2) is 37.8 Å². The van der Waals surface area contributed by atoms with Crippen molar-refractivity contribution in [2.45, 2.75) is 72.4 Å². The molecule has 1 saturated carbocycles. The maximum atomic E-state index is 13.4. The van der Waals surface area contributed by atoms with Gasteiger partial charge in [0.25, 0.3) is 5.91 Å². The van der Waals surface area contributed by atoms with E-state index in [4.69, 9.17) is 4.52 Å². The highest BCUT2D eigenvalue weighted by Crippen LogP contribution is 2.31. The molecule has 1 aliphatic carbocycles. The molecule has 1 fully saturated rings. The van der Waals surface area contributed by atoms with Gasteiger partial charge in [0.05, 0.1) is 5.69 Å². The van der Waals surface area contributed by atoms with Crippen LogP contribution in [0.25, 0.3) is 11.1 Å². The monoisotopic (exact) mass is 478 g/mol. The Morgan fingerprint density at radius 1 is 1.11 bits per heavy atom. The highest BCUT2D eigenvalue weighted by Gasteiger charge is 2.33. The van der Waals surface area contributed by atoms with E-state index in [2.05, 4.69) is 32.8 Å². The van der Waals surface area contributed by atoms with Crippen LogP contribution in [-0.2, 0) is 4.79 Å². The van der Waals surface area contributed by atoms with Gasteiger partial charge in [-0.25, -0.2) is 4.98 Å². The lowest BCUT2D eigenvalue weighted by atomic mass is 9.79. The first kappa shape index (κ1) is 24.6. The average molecular weight is 479 g/mol. The molecule has 2 N–H and O–H groups in total. The fraction of sp³-hybridized carbons (Fsp3) is 0.500. The van der Waals surface area contributed by atoms with E-state index in [1.165, 1.54) is 0 Å². The molecule has 3 aromatic heterocycles. The van der Waals surface area contributed by atoms with E-state index >= 15 is 0 Å². The molecule has 0 saturated heterocycles. The van der Waals surface area contributed by atoms with Crippen molar-refractivity contribution in [1.82, 2.24) is 25.2 Å². The number of rotatable bonds is 7. The van der Waals surface area contributed by atoms with Crippen LogP contribution in [0.2, 0.25) is 0 Å². The van der Waals surface area contributed by atoms with Gasteiger partial charge < -0.3 is 15.2 Å². The summed E-state index contributed by atoms with van der Waals surface area (Å²) in [4.78, 5) is 31.0. The number of amides is 2. The van der Waals surface area contributed by atoms with Gasteiger partial charge in [0, 0.05) is 29.6 Å². The third kappa shape index (κ3) is 5.44. The molecule has 1 atom stereocenters. The summed E-state index contributed by atoms with van der Waals surface area (Å²) in [6.45, 7) is 9.90. The molecule has 0 bridgehead atoms. The molecule has 0 radical (unpaired) electrons. The van der Waals surface area contributed by atoms with E-state index in [-0.39, 0.29) is 23.8 Å². The van der Waals surface area contributed by atoms with E-state index in [1.807, 2.05) is 33.8 Å². The van der Waals surface area contributed by atoms with Crippen molar-refractivity contribution in [1.29, 1.82) is 0 Å². The predicted octanol–water partition coefficient (Wildman–Crippen LogP) is 4.69. The summed E-state index contributed by atoms with van der Waals surface area (Å²) in [7, 11) is 0. The number of aromatic nitrogens is 4. The van der Waals surface area contributed by atoms with Gasteiger partial charge in [-0.2, -0.15) is 5.10 Å². The maximum Gasteiger partial charge on any atom is 0.270 e. The zero-order chi connectivity index (χ0) is 25.1. The third-order valence-corrected chi connectivity index (χ3v) is 6.83. The Morgan fingerprint density at radius 2 is 1.86 bits per heavy atom. The number of anilines is 1. The molecule has 35 heavy (non-hydrogen) atoms. The summed E-state index contributed by atoms with van der Waals surface area (Å²) >= 11 is 0. The summed E-state index contributed by atoms with van der Waals surface area (Å²) in [5.74, 6) is 1.29. The fourth-order valence-electron chi connectivity index (χ4n) is 4.85. The molecule has 3 aromatic rings. The third-order valence-electron chi connectivity index (χ3n) is 6.83. The SMILES string of the molecule is Cc1noc(C)c1-c1ccc(NC(=O)[C@@H](NC(=O)c2ccnn2C(C)C)C2CCC(C)CC2)nc1. The highest BCUT2D eigenvalue weighted by atomic mass is 16.5. The fourth-order valence-corrected chi connectivity index (χ4v) is 4.85. The Kier molecular flexibility index (Phi) is 7.33. The smallest absolute Gasteiger partial charge is 0.270 e. The standard InChI is InChI=1S/C26H34N6O3/c1-15(2)32-21(12-13-28-32)25(33)30-24(19-8-6-16(3)7-9-19)26(34)29-22-11-10-20(14-27-22)23-17(4)31-35-18(23)5/h10-16,19,24H,6-9H2,1-5H3,(H,30,33)(H,27,29,34)/t16?,19?,24-/m0/s1. The van der Waals surface area contributed by atoms with Crippen LogP contribution in [0.3, 0.4) is 0 Å². The first-order chi connectivity index (χ1) is 16.7. The number of hydrogen-bond donors (Lipinski definition) is 2. The van der Waals surface area contributed by atoms with Crippen LogP contribution in [0.4, 0.5) is 5.82 Å². The molecule has 0 unspecified atom stereocenters. The molecule has 2 amide bonds. The topological polar surface area (TPSA) is 115 Å². The molecule has 0 aromatic carbocycles. The molecule has 9 heteroatoms. The van der Waals surface area contributed by atoms with Gasteiger partial charge in [0.15, 0.2) is 0 Å². The first-order valence-corrected chi connectivity index (χ1v) is 12.3. The first-order valence-electron chi connectivity index (χ1n) is 12.3. The van der Waals surface area contributed by atoms with E-state index < -0.39 is 6.04 Å². The zero-order valence-electron chi connectivity index (χ0n) is 21.0. The quantitative estimate of drug-likeness (QED) is 0.509. The number of aryl methyl sites for hydroxylation is 2. The minimum Gasteiger partial charge on any atom is -0.361 e. The molecule has 4 rings (SSSR count). The molecule has 0 spiro atoms. The Morgan fingerprint density at radius 3 is 2.46 bits per heavy atom. The minimum atomic E-state index is -0.658. The van der Waals surface area contributed by atoms with Gasteiger partial charge in [0.2, 0.25) is 5.91 Å². The van der Waals surface area contributed by atoms with Gasteiger partial charge in [-0.15, -0.1) is 0 Å². The van der Waals surface area contributed by atoms with Crippen LogP contribution in [0, 0.1) is 25.7 Å². The summed E-state index contributed by atoms with van der Waals surface area (Å²) in [6.07, 6.45) is 7.16. The summed E-state index contributed by atoms with van der Waals surface area (Å²) in [5, 5.41) is 14.2. The molecule has 9 nitrogen and oxygen atoms in total. The van der Waals surface area contributed by atoms with Crippen molar-refractivity contribution >= 4 is 17.6 Å². The van der Waals surface area contributed by atoms with Crippen LogP contribution < -0.4 is 10.6 Å². The van der Waals surface area contributed by atoms with Gasteiger partial charge in [-0.1, -0.05) is 24.9 Å². The Labute approximate surface area is 205 Å². The van der Waals surface area contributed by atoms with Gasteiger partial charge in [-0.05, 0) is 70.6 Å². The van der Waals surface area contributed by atoms with Gasteiger partial charge in [0.1, 0.15) is 23.3 Å². The van der Waals surface area contributed by atoms with Crippen molar-refractivity contribution in [3.05, 3.63) is 47.7 Å². The predicted molar refractivity (Wildman–Crippen MR) is 133 cm³/mol. The van der Waals surface area contributed by atoms with Crippen LogP contribution in [0.15, 0.2) is 35.1 Å². The summed E-state index contributed by atoms with van der Waals surface area (Å²) in [5.41, 5.74) is 3.01.